The second kappa shape index (κ2) is 8.82. The first-order valence-corrected chi connectivity index (χ1v) is 10.4. The van der Waals surface area contributed by atoms with Crippen LogP contribution in [0.1, 0.15) is 34.8 Å². The monoisotopic (exact) mass is 437 g/mol. The van der Waals surface area contributed by atoms with Gasteiger partial charge in [0.2, 0.25) is 0 Å². The molecule has 1 aromatic heterocycles. The van der Waals surface area contributed by atoms with Gasteiger partial charge in [-0.15, -0.1) is 0 Å². The fraction of sp³-hybridized carbons (Fsp3) is 0.250. The summed E-state index contributed by atoms with van der Waals surface area (Å²) < 4.78 is 29.4. The van der Waals surface area contributed by atoms with Crippen LogP contribution in [-0.4, -0.2) is 45.9 Å². The fourth-order valence-corrected chi connectivity index (χ4v) is 4.14. The zero-order valence-electron chi connectivity index (χ0n) is 18.0. The molecule has 0 radical (unpaired) electrons. The highest BCUT2D eigenvalue weighted by Crippen LogP contribution is 2.27. The molecule has 4 rings (SSSR count). The van der Waals surface area contributed by atoms with Gasteiger partial charge in [0.25, 0.3) is 5.91 Å². The fourth-order valence-electron chi connectivity index (χ4n) is 4.14. The van der Waals surface area contributed by atoms with Crippen molar-refractivity contribution in [2.75, 3.05) is 13.6 Å². The predicted octanol–water partition coefficient (Wildman–Crippen LogP) is 3.71. The van der Waals surface area contributed by atoms with Crippen molar-refractivity contribution in [3.05, 3.63) is 94.5 Å². The molecule has 0 bridgehead atoms. The maximum Gasteiger partial charge on any atom is 0.254 e. The number of hydrogen-bond donors (Lipinski definition) is 2. The van der Waals surface area contributed by atoms with E-state index in [0.29, 0.717) is 47.6 Å². The van der Waals surface area contributed by atoms with E-state index in [9.17, 15) is 13.6 Å². The average molecular weight is 437 g/mol. The Bertz CT molecular complexity index is 1180. The largest absolute Gasteiger partial charge is 0.400 e. The van der Waals surface area contributed by atoms with Crippen molar-refractivity contribution in [1.82, 2.24) is 14.7 Å². The number of hydrogen-bond acceptors (Lipinski definition) is 3. The smallest absolute Gasteiger partial charge is 0.254 e. The zero-order valence-corrected chi connectivity index (χ0v) is 18.0. The molecule has 0 saturated heterocycles. The molecule has 2 aromatic carbocycles. The lowest BCUT2D eigenvalue weighted by atomic mass is 9.91. The molecule has 1 amide bonds. The highest BCUT2D eigenvalue weighted by atomic mass is 19.1. The van der Waals surface area contributed by atoms with Gasteiger partial charge in [-0.2, -0.15) is 0 Å². The molecule has 8 heteroatoms. The lowest BCUT2D eigenvalue weighted by Gasteiger charge is -2.36. The number of H-pyrrole nitrogens is 1. The minimum atomic E-state index is -0.677. The molecule has 0 fully saturated rings. The second-order valence-corrected chi connectivity index (χ2v) is 7.82. The first-order chi connectivity index (χ1) is 15.4. The Morgan fingerprint density at radius 2 is 1.91 bits per heavy atom. The van der Waals surface area contributed by atoms with Crippen molar-refractivity contribution in [1.29, 1.82) is 0 Å². The van der Waals surface area contributed by atoms with Crippen molar-refractivity contribution in [3.8, 4) is 0 Å². The number of aromatic amines is 1. The lowest BCUT2D eigenvalue weighted by molar-refractivity contribution is 0.0705. The number of nitrogens with two attached hydrogens (primary N) is 1. The van der Waals surface area contributed by atoms with Gasteiger partial charge >= 0.3 is 0 Å². The average Bonchev–Trinajstić information content (AvgIpc) is 2.73. The van der Waals surface area contributed by atoms with Crippen LogP contribution in [0.25, 0.3) is 0 Å². The third-order valence-corrected chi connectivity index (χ3v) is 5.86. The van der Waals surface area contributed by atoms with E-state index >= 15 is 0 Å². The van der Waals surface area contributed by atoms with E-state index in [2.05, 4.69) is 10.1 Å². The SMILES string of the molecule is CN=C(C1=C(N)C(C)N(C(=O)c2ccccc2Cn2cc[nH]2)CC1)c1cc(F)cc(F)c1. The van der Waals surface area contributed by atoms with Crippen LogP contribution in [0.3, 0.4) is 0 Å². The molecule has 32 heavy (non-hydrogen) atoms. The summed E-state index contributed by atoms with van der Waals surface area (Å²) in [6, 6.07) is 10.4. The topological polar surface area (TPSA) is 79.4 Å². The number of nitrogens with zero attached hydrogens (tertiary/aromatic N) is 3. The summed E-state index contributed by atoms with van der Waals surface area (Å²) in [5.74, 6) is -1.46. The molecule has 0 aliphatic carbocycles. The molecular weight excluding hydrogens is 412 g/mol. The Labute approximate surface area is 185 Å². The van der Waals surface area contributed by atoms with Crippen LogP contribution in [0.15, 0.2) is 71.1 Å². The van der Waals surface area contributed by atoms with Crippen molar-refractivity contribution in [2.45, 2.75) is 25.9 Å². The molecule has 1 aliphatic rings. The summed E-state index contributed by atoms with van der Waals surface area (Å²) in [5, 5.41) is 3.04. The predicted molar refractivity (Wildman–Crippen MR) is 119 cm³/mol. The Morgan fingerprint density at radius 1 is 1.22 bits per heavy atom. The van der Waals surface area contributed by atoms with Crippen LogP contribution in [-0.2, 0) is 6.54 Å². The zero-order chi connectivity index (χ0) is 22.8. The van der Waals surface area contributed by atoms with Crippen LogP contribution in [0.2, 0.25) is 0 Å². The number of benzene rings is 2. The summed E-state index contributed by atoms with van der Waals surface area (Å²) in [4.78, 5) is 19.4. The van der Waals surface area contributed by atoms with Crippen LogP contribution < -0.4 is 5.73 Å². The van der Waals surface area contributed by atoms with E-state index < -0.39 is 17.7 Å². The summed E-state index contributed by atoms with van der Waals surface area (Å²) >= 11 is 0. The Balaban J connectivity index is 1.63. The highest BCUT2D eigenvalue weighted by molar-refractivity contribution is 6.13. The molecule has 0 saturated carbocycles. The van der Waals surface area contributed by atoms with E-state index in [4.69, 9.17) is 5.73 Å². The standard InChI is InChI=1S/C24H25F2N5O/c1-15-22(27)21(23(28-2)17-11-18(25)13-19(26)12-17)7-9-31(15)24(32)20-6-4-3-5-16(20)14-30-10-8-29-30/h3-6,8,10-13,15,29H,7,9,14,27H2,1-2H3. The van der Waals surface area contributed by atoms with Crippen molar-refractivity contribution in [3.63, 3.8) is 0 Å². The quantitative estimate of drug-likeness (QED) is 0.597. The van der Waals surface area contributed by atoms with Gasteiger partial charge in [0.1, 0.15) is 11.6 Å². The van der Waals surface area contributed by atoms with E-state index in [1.54, 1.807) is 11.9 Å². The minimum Gasteiger partial charge on any atom is -0.400 e. The van der Waals surface area contributed by atoms with Crippen LogP contribution in [0, 0.1) is 11.6 Å². The van der Waals surface area contributed by atoms with E-state index in [1.165, 1.54) is 12.1 Å². The Hall–Kier alpha value is -3.68. The number of halogens is 2. The number of nitrogens with one attached hydrogen (secondary N) is 1. The first kappa shape index (κ1) is 21.5. The normalized spacial score (nSPS) is 17.2. The van der Waals surface area contributed by atoms with Gasteiger partial charge < -0.3 is 15.7 Å². The highest BCUT2D eigenvalue weighted by Gasteiger charge is 2.31. The number of aliphatic imine (C=N–C) groups is 1. The number of aromatic nitrogens is 2. The molecule has 0 spiro atoms. The Kier molecular flexibility index (Phi) is 5.94. The summed E-state index contributed by atoms with van der Waals surface area (Å²) in [6.45, 7) is 2.84. The van der Waals surface area contributed by atoms with Crippen molar-refractivity contribution in [2.24, 2.45) is 10.7 Å². The molecular formula is C24H25F2N5O. The number of carbonyl (C=O) groups excluding carboxylic acids is 1. The lowest BCUT2D eigenvalue weighted by Crippen LogP contribution is -2.46. The molecule has 2 heterocycles. The number of rotatable bonds is 5. The molecule has 1 aliphatic heterocycles. The maximum atomic E-state index is 13.8. The molecule has 3 N–H and O–H groups in total. The van der Waals surface area contributed by atoms with Gasteiger partial charge in [-0.1, -0.05) is 18.2 Å². The third kappa shape index (κ3) is 4.08. The summed E-state index contributed by atoms with van der Waals surface area (Å²) in [5.41, 5.74) is 9.93. The van der Waals surface area contributed by atoms with Gasteiger partial charge in [0.05, 0.1) is 18.3 Å². The van der Waals surface area contributed by atoms with Gasteiger partial charge in [-0.05, 0) is 37.1 Å². The molecule has 3 aromatic rings. The maximum absolute atomic E-state index is 13.8. The van der Waals surface area contributed by atoms with Gasteiger partial charge in [0, 0.05) is 54.4 Å². The minimum absolute atomic E-state index is 0.105. The molecule has 1 unspecified atom stereocenters. The molecule has 1 atom stereocenters. The van der Waals surface area contributed by atoms with Crippen molar-refractivity contribution >= 4 is 11.6 Å². The third-order valence-electron chi connectivity index (χ3n) is 5.86. The van der Waals surface area contributed by atoms with Gasteiger partial charge in [-0.3, -0.25) is 14.5 Å². The first-order valence-electron chi connectivity index (χ1n) is 10.4. The Morgan fingerprint density at radius 3 is 2.53 bits per heavy atom. The molecule has 6 nitrogen and oxygen atoms in total. The summed E-state index contributed by atoms with van der Waals surface area (Å²) in [6.07, 6.45) is 4.16. The van der Waals surface area contributed by atoms with Crippen molar-refractivity contribution < 1.29 is 13.6 Å². The van der Waals surface area contributed by atoms with Gasteiger partial charge in [-0.25, -0.2) is 8.78 Å². The summed E-state index contributed by atoms with van der Waals surface area (Å²) in [7, 11) is 1.56. The van der Waals surface area contributed by atoms with E-state index in [0.717, 1.165) is 11.6 Å². The van der Waals surface area contributed by atoms with Gasteiger partial charge in [0.15, 0.2) is 0 Å². The van der Waals surface area contributed by atoms with Crippen LogP contribution in [0.4, 0.5) is 8.78 Å². The van der Waals surface area contributed by atoms with Crippen LogP contribution >= 0.6 is 0 Å². The number of carbonyl (C=O) groups is 1. The van der Waals surface area contributed by atoms with E-state index in [1.807, 2.05) is 48.3 Å². The van der Waals surface area contributed by atoms with Crippen LogP contribution in [0.5, 0.6) is 0 Å². The number of amides is 1. The molecule has 166 valence electrons. The van der Waals surface area contributed by atoms with E-state index in [-0.39, 0.29) is 5.91 Å². The second-order valence-electron chi connectivity index (χ2n) is 7.82.